The maximum Gasteiger partial charge on any atom is 0.241 e. The molecule has 1 atom stereocenters. The van der Waals surface area contributed by atoms with E-state index in [-0.39, 0.29) is 21.4 Å². The third-order valence-electron chi connectivity index (χ3n) is 6.25. The summed E-state index contributed by atoms with van der Waals surface area (Å²) in [5.41, 5.74) is 5.52. The summed E-state index contributed by atoms with van der Waals surface area (Å²) in [7, 11) is -2.24. The second kappa shape index (κ2) is 10.1. The molecule has 196 valence electrons. The second-order valence-electron chi connectivity index (χ2n) is 9.15. The third-order valence-corrected chi connectivity index (χ3v) is 7.41. The van der Waals surface area contributed by atoms with Crippen LogP contribution in [0.4, 0.5) is 0 Å². The number of benzene rings is 2. The first kappa shape index (κ1) is 26.3. The number of aromatic nitrogens is 4. The highest BCUT2D eigenvalue weighted by Crippen LogP contribution is 2.35. The number of sulfonamides is 1. The van der Waals surface area contributed by atoms with Gasteiger partial charge in [-0.25, -0.2) is 18.5 Å². The number of aryl methyl sites for hydroxylation is 2. The van der Waals surface area contributed by atoms with Crippen LogP contribution in [0.5, 0.6) is 5.75 Å². The van der Waals surface area contributed by atoms with Crippen LogP contribution in [0.1, 0.15) is 29.8 Å². The van der Waals surface area contributed by atoms with Crippen molar-refractivity contribution in [1.82, 2.24) is 19.7 Å². The van der Waals surface area contributed by atoms with E-state index in [1.54, 1.807) is 24.0 Å². The third kappa shape index (κ3) is 5.33. The molecule has 11 heteroatoms. The summed E-state index contributed by atoms with van der Waals surface area (Å²) >= 11 is 6.01. The molecule has 2 N–H and O–H groups in total. The lowest BCUT2D eigenvalue weighted by Crippen LogP contribution is -2.15. The van der Waals surface area contributed by atoms with Crippen molar-refractivity contribution in [1.29, 1.82) is 5.26 Å². The fraction of sp³-hybridized carbons (Fsp3) is 0.143. The van der Waals surface area contributed by atoms with Gasteiger partial charge in [0.2, 0.25) is 10.0 Å². The Kier molecular flexibility index (Phi) is 6.82. The van der Waals surface area contributed by atoms with Crippen LogP contribution in [0.15, 0.2) is 72.0 Å². The van der Waals surface area contributed by atoms with E-state index in [0.717, 1.165) is 33.3 Å². The van der Waals surface area contributed by atoms with Crippen LogP contribution in [-0.2, 0) is 17.1 Å². The lowest BCUT2D eigenvalue weighted by molar-refractivity contribution is 0.222. The summed E-state index contributed by atoms with van der Waals surface area (Å²) in [6.07, 6.45) is 4.71. The minimum absolute atomic E-state index is 0.0843. The molecule has 0 unspecified atom stereocenters. The van der Waals surface area contributed by atoms with E-state index in [4.69, 9.17) is 21.5 Å². The molecule has 3 aromatic heterocycles. The van der Waals surface area contributed by atoms with Gasteiger partial charge in [-0.05, 0) is 55.8 Å². The van der Waals surface area contributed by atoms with Gasteiger partial charge in [0.25, 0.3) is 0 Å². The summed E-state index contributed by atoms with van der Waals surface area (Å²) in [6, 6.07) is 15.9. The molecule has 0 saturated heterocycles. The molecule has 0 bridgehead atoms. The highest BCUT2D eigenvalue weighted by molar-refractivity contribution is 7.89. The van der Waals surface area contributed by atoms with Crippen molar-refractivity contribution in [3.8, 4) is 34.2 Å². The monoisotopic (exact) mass is 558 g/mol. The first-order chi connectivity index (χ1) is 18.5. The quantitative estimate of drug-likeness (QED) is 0.298. The summed E-state index contributed by atoms with van der Waals surface area (Å²) in [5.74, 6) is 0.0843. The predicted octanol–water partition coefficient (Wildman–Crippen LogP) is 5.32. The lowest BCUT2D eigenvalue weighted by Gasteiger charge is -2.20. The number of hydrogen-bond acceptors (Lipinski definition) is 7. The molecule has 0 fully saturated rings. The van der Waals surface area contributed by atoms with Crippen molar-refractivity contribution in [2.75, 3.05) is 0 Å². The number of halogens is 1. The van der Waals surface area contributed by atoms with Crippen LogP contribution in [0.2, 0.25) is 5.02 Å². The number of nitriles is 1. The molecule has 0 amide bonds. The molecule has 0 aliphatic heterocycles. The largest absolute Gasteiger partial charge is 0.485 e. The normalized spacial score (nSPS) is 12.3. The summed E-state index contributed by atoms with van der Waals surface area (Å²) in [6.45, 7) is 3.72. The molecule has 0 aliphatic rings. The van der Waals surface area contributed by atoms with E-state index < -0.39 is 16.1 Å². The molecule has 2 aromatic carbocycles. The number of rotatable bonds is 6. The summed E-state index contributed by atoms with van der Waals surface area (Å²) < 4.78 is 32.1. The van der Waals surface area contributed by atoms with Crippen molar-refractivity contribution in [3.05, 3.63) is 89.0 Å². The highest BCUT2D eigenvalue weighted by Gasteiger charge is 2.21. The predicted molar refractivity (Wildman–Crippen MR) is 148 cm³/mol. The average molecular weight is 559 g/mol. The number of nitrogens with zero attached hydrogens (tertiary/aromatic N) is 5. The average Bonchev–Trinajstić information content (AvgIpc) is 3.34. The van der Waals surface area contributed by atoms with Gasteiger partial charge < -0.3 is 4.74 Å². The number of primary sulfonamides is 1. The van der Waals surface area contributed by atoms with Crippen molar-refractivity contribution in [3.63, 3.8) is 0 Å². The molecule has 39 heavy (non-hydrogen) atoms. The van der Waals surface area contributed by atoms with Crippen LogP contribution in [-0.4, -0.2) is 28.2 Å². The van der Waals surface area contributed by atoms with E-state index >= 15 is 0 Å². The maximum atomic E-state index is 12.2. The van der Waals surface area contributed by atoms with Gasteiger partial charge in [-0.1, -0.05) is 23.7 Å². The molecule has 0 saturated carbocycles. The zero-order valence-electron chi connectivity index (χ0n) is 21.3. The van der Waals surface area contributed by atoms with Crippen LogP contribution >= 0.6 is 11.6 Å². The second-order valence-corrected chi connectivity index (χ2v) is 11.1. The van der Waals surface area contributed by atoms with Gasteiger partial charge >= 0.3 is 0 Å². The van der Waals surface area contributed by atoms with Crippen LogP contribution in [0, 0.1) is 18.3 Å². The lowest BCUT2D eigenvalue weighted by atomic mass is 9.96. The summed E-state index contributed by atoms with van der Waals surface area (Å²) in [5, 5.41) is 20.5. The van der Waals surface area contributed by atoms with Crippen molar-refractivity contribution in [2.45, 2.75) is 24.8 Å². The Morgan fingerprint density at radius 3 is 2.54 bits per heavy atom. The Morgan fingerprint density at radius 2 is 1.90 bits per heavy atom. The molecule has 9 nitrogen and oxygen atoms in total. The number of nitrogens with two attached hydrogens (primary N) is 1. The van der Waals surface area contributed by atoms with Gasteiger partial charge in [0.1, 0.15) is 28.5 Å². The van der Waals surface area contributed by atoms with E-state index in [1.165, 1.54) is 18.2 Å². The molecule has 5 aromatic rings. The van der Waals surface area contributed by atoms with E-state index in [0.29, 0.717) is 11.1 Å². The van der Waals surface area contributed by atoms with Crippen molar-refractivity contribution >= 4 is 32.5 Å². The Hall–Kier alpha value is -4.30. The fourth-order valence-corrected chi connectivity index (χ4v) is 5.35. The summed E-state index contributed by atoms with van der Waals surface area (Å²) in [4.78, 5) is 9.00. The van der Waals surface area contributed by atoms with Crippen LogP contribution < -0.4 is 9.88 Å². The minimum Gasteiger partial charge on any atom is -0.485 e. The molecule has 0 aliphatic carbocycles. The number of fused-ring (bicyclic) bond motifs is 1. The molecule has 0 spiro atoms. The Morgan fingerprint density at radius 1 is 1.10 bits per heavy atom. The first-order valence-corrected chi connectivity index (χ1v) is 13.8. The molecular weight excluding hydrogens is 536 g/mol. The van der Waals surface area contributed by atoms with Crippen molar-refractivity contribution < 1.29 is 13.2 Å². The first-order valence-electron chi connectivity index (χ1n) is 11.8. The topological polar surface area (TPSA) is 137 Å². The fourth-order valence-electron chi connectivity index (χ4n) is 4.42. The highest BCUT2D eigenvalue weighted by atomic mass is 35.5. The maximum absolute atomic E-state index is 12.2. The Labute approximate surface area is 230 Å². The van der Waals surface area contributed by atoms with Gasteiger partial charge in [-0.15, -0.1) is 0 Å². The SMILES string of the molecule is Cc1cc([C@H](C)Oc2ccc(Cl)cc2S(N)(=O)=O)c2cc(-c3ccc(-c4cnn(C)c4)nc3)c(C#N)nc2c1. The van der Waals surface area contributed by atoms with Gasteiger partial charge in [0, 0.05) is 52.1 Å². The number of hydrogen-bond donors (Lipinski definition) is 1. The number of ether oxygens (including phenoxy) is 1. The van der Waals surface area contributed by atoms with E-state index in [1.807, 2.05) is 50.5 Å². The van der Waals surface area contributed by atoms with Gasteiger partial charge in [-0.3, -0.25) is 9.67 Å². The van der Waals surface area contributed by atoms with Crippen LogP contribution in [0.3, 0.4) is 0 Å². The van der Waals surface area contributed by atoms with Crippen LogP contribution in [0.25, 0.3) is 33.3 Å². The van der Waals surface area contributed by atoms with Gasteiger partial charge in [0.05, 0.1) is 17.4 Å². The molecule has 3 heterocycles. The van der Waals surface area contributed by atoms with E-state index in [2.05, 4.69) is 21.1 Å². The van der Waals surface area contributed by atoms with Crippen molar-refractivity contribution in [2.24, 2.45) is 12.2 Å². The Balaban J connectivity index is 1.60. The van der Waals surface area contributed by atoms with Gasteiger partial charge in [0.15, 0.2) is 0 Å². The molecule has 0 radical (unpaired) electrons. The zero-order valence-corrected chi connectivity index (χ0v) is 22.8. The standard InChI is InChI=1S/C28H23ClN6O3S/c1-16-8-21(17(2)38-27-7-5-20(29)10-28(27)39(31,36)37)23-11-22(26(12-30)34-25(23)9-16)18-4-6-24(32-13-18)19-14-33-35(3)15-19/h4-11,13-15,17H,1-3H3,(H2,31,36,37)/t17-/m0/s1. The molecular formula is C28H23ClN6O3S. The smallest absolute Gasteiger partial charge is 0.241 e. The number of pyridine rings is 2. The van der Waals surface area contributed by atoms with Gasteiger partial charge in [-0.2, -0.15) is 10.4 Å². The zero-order chi connectivity index (χ0) is 27.9. The molecule has 5 rings (SSSR count). The van der Waals surface area contributed by atoms with E-state index in [9.17, 15) is 13.7 Å². The minimum atomic E-state index is -4.08. The Bertz CT molecular complexity index is 1880.